The molecule has 0 radical (unpaired) electrons. The van der Waals surface area contributed by atoms with E-state index in [1.807, 2.05) is 0 Å². The average molecular weight is 431 g/mol. The normalized spacial score (nSPS) is 11.0. The number of Topliss-reactive ketones (excluding diaryl/α,β-unsaturated/α-hetero) is 1. The molecule has 8 nitrogen and oxygen atoms in total. The summed E-state index contributed by atoms with van der Waals surface area (Å²) in [4.78, 5) is 25.5. The molecule has 1 aromatic heterocycles. The highest BCUT2D eigenvalue weighted by atomic mass is 35.5. The summed E-state index contributed by atoms with van der Waals surface area (Å²) in [6.45, 7) is 1.24. The summed E-state index contributed by atoms with van der Waals surface area (Å²) in [5, 5.41) is 20.9. The molecule has 0 spiro atoms. The lowest BCUT2D eigenvalue weighted by atomic mass is 10.1. The van der Waals surface area contributed by atoms with Crippen LogP contribution in [-0.2, 0) is 11.3 Å². The summed E-state index contributed by atoms with van der Waals surface area (Å²) in [7, 11) is 0. The van der Waals surface area contributed by atoms with Gasteiger partial charge in [-0.05, 0) is 53.7 Å². The van der Waals surface area contributed by atoms with Crippen molar-refractivity contribution in [2.75, 3.05) is 6.61 Å². The van der Waals surface area contributed by atoms with Crippen molar-refractivity contribution in [2.45, 2.75) is 13.5 Å². The molecule has 3 aromatic rings. The van der Waals surface area contributed by atoms with Crippen LogP contribution in [0.2, 0.25) is 5.02 Å². The van der Waals surface area contributed by atoms with Gasteiger partial charge in [0.25, 0.3) is 5.69 Å². The standard InChI is InChI=1S/C20H16ClFN4O4/c1-2-30-20(29)18-19(28)26(23-11-13-3-9-16(22)10-4-13)24-25(18)12-17(27)14-5-7-15(21)8-6-14/h3-11H,2,12H2,1H3. The van der Waals surface area contributed by atoms with Crippen LogP contribution in [0.3, 0.4) is 0 Å². The molecule has 0 N–H and O–H groups in total. The fraction of sp³-hybridized carbons (Fsp3) is 0.150. The Morgan fingerprint density at radius 3 is 2.53 bits per heavy atom. The van der Waals surface area contributed by atoms with Gasteiger partial charge in [0.2, 0.25) is 5.78 Å². The summed E-state index contributed by atoms with van der Waals surface area (Å²) in [5.74, 6) is -2.58. The number of halogens is 2. The molecule has 0 aliphatic rings. The van der Waals surface area contributed by atoms with E-state index in [0.717, 1.165) is 4.68 Å². The first kappa shape index (κ1) is 21.1. The van der Waals surface area contributed by atoms with Gasteiger partial charge in [0.15, 0.2) is 12.4 Å². The minimum Gasteiger partial charge on any atom is -0.836 e. The lowest BCUT2D eigenvalue weighted by molar-refractivity contribution is -0.745. The van der Waals surface area contributed by atoms with Crippen LogP contribution in [-0.4, -0.2) is 34.6 Å². The predicted molar refractivity (Wildman–Crippen MR) is 103 cm³/mol. The highest BCUT2D eigenvalue weighted by molar-refractivity contribution is 6.30. The van der Waals surface area contributed by atoms with E-state index < -0.39 is 29.1 Å². The summed E-state index contributed by atoms with van der Waals surface area (Å²) in [6, 6.07) is 11.5. The molecular weight excluding hydrogens is 415 g/mol. The number of hydrogen-bond acceptors (Lipinski definition) is 6. The van der Waals surface area contributed by atoms with Gasteiger partial charge in [-0.2, -0.15) is 0 Å². The largest absolute Gasteiger partial charge is 0.836 e. The van der Waals surface area contributed by atoms with Crippen molar-refractivity contribution >= 4 is 29.6 Å². The van der Waals surface area contributed by atoms with Gasteiger partial charge in [-0.3, -0.25) is 4.79 Å². The maximum absolute atomic E-state index is 13.0. The fourth-order valence-electron chi connectivity index (χ4n) is 2.50. The molecule has 0 aliphatic heterocycles. The molecule has 0 unspecified atom stereocenters. The predicted octanol–water partition coefficient (Wildman–Crippen LogP) is 1.98. The second kappa shape index (κ2) is 9.27. The van der Waals surface area contributed by atoms with E-state index in [1.54, 1.807) is 19.1 Å². The van der Waals surface area contributed by atoms with Crippen molar-refractivity contribution in [1.82, 2.24) is 10.0 Å². The van der Waals surface area contributed by atoms with Gasteiger partial charge in [0.05, 0.1) is 12.8 Å². The van der Waals surface area contributed by atoms with Gasteiger partial charge in [-0.1, -0.05) is 28.8 Å². The average Bonchev–Trinajstić information content (AvgIpc) is 3.03. The summed E-state index contributed by atoms with van der Waals surface area (Å²) in [5.41, 5.74) is 0.404. The van der Waals surface area contributed by atoms with Crippen LogP contribution < -0.4 is 9.79 Å². The van der Waals surface area contributed by atoms with Gasteiger partial charge in [0, 0.05) is 10.6 Å². The zero-order valence-electron chi connectivity index (χ0n) is 15.8. The second-order valence-corrected chi connectivity index (χ2v) is 6.47. The van der Waals surface area contributed by atoms with Crippen LogP contribution in [0.4, 0.5) is 4.39 Å². The molecule has 2 aromatic carbocycles. The van der Waals surface area contributed by atoms with E-state index in [2.05, 4.69) is 10.3 Å². The van der Waals surface area contributed by atoms with E-state index >= 15 is 0 Å². The third kappa shape index (κ3) is 4.87. The SMILES string of the molecule is CCOC(=O)c1c([O-])n(N=Cc2ccc(F)cc2)n[n+]1CC(=O)c1ccc(Cl)cc1. The maximum Gasteiger partial charge on any atom is 0.383 e. The second-order valence-electron chi connectivity index (χ2n) is 6.04. The Bertz CT molecular complexity index is 1100. The van der Waals surface area contributed by atoms with Crippen molar-refractivity contribution in [1.29, 1.82) is 0 Å². The molecule has 0 bridgehead atoms. The number of nitrogens with zero attached hydrogens (tertiary/aromatic N) is 4. The zero-order chi connectivity index (χ0) is 21.7. The van der Waals surface area contributed by atoms with E-state index in [4.69, 9.17) is 16.3 Å². The Labute approximate surface area is 175 Å². The molecular formula is C20H16ClFN4O4. The van der Waals surface area contributed by atoms with Gasteiger partial charge in [-0.15, -0.1) is 4.68 Å². The Hall–Kier alpha value is -3.59. The van der Waals surface area contributed by atoms with E-state index in [-0.39, 0.29) is 13.2 Å². The number of rotatable bonds is 7. The number of carbonyl (C=O) groups excluding carboxylic acids is 2. The topological polar surface area (TPSA) is 100 Å². The molecule has 0 fully saturated rings. The number of ether oxygens (including phenoxy) is 1. The van der Waals surface area contributed by atoms with E-state index in [9.17, 15) is 19.1 Å². The molecule has 30 heavy (non-hydrogen) atoms. The molecule has 0 aliphatic carbocycles. The van der Waals surface area contributed by atoms with Gasteiger partial charge in [-0.25, -0.2) is 9.18 Å². The van der Waals surface area contributed by atoms with Crippen molar-refractivity contribution in [2.24, 2.45) is 5.10 Å². The highest BCUT2D eigenvalue weighted by Gasteiger charge is 2.29. The van der Waals surface area contributed by atoms with Crippen molar-refractivity contribution < 1.29 is 28.5 Å². The number of aromatic nitrogens is 3. The van der Waals surface area contributed by atoms with Crippen LogP contribution in [0.5, 0.6) is 5.88 Å². The molecule has 154 valence electrons. The Morgan fingerprint density at radius 1 is 1.23 bits per heavy atom. The number of benzene rings is 2. The quantitative estimate of drug-likeness (QED) is 0.247. The fourth-order valence-corrected chi connectivity index (χ4v) is 2.63. The third-order valence-electron chi connectivity index (χ3n) is 3.95. The number of ketones is 1. The third-order valence-corrected chi connectivity index (χ3v) is 4.20. The Morgan fingerprint density at radius 2 is 1.90 bits per heavy atom. The minimum atomic E-state index is -0.922. The lowest BCUT2D eigenvalue weighted by Gasteiger charge is -2.03. The maximum atomic E-state index is 13.0. The first-order chi connectivity index (χ1) is 14.4. The van der Waals surface area contributed by atoms with Crippen LogP contribution >= 0.6 is 11.6 Å². The van der Waals surface area contributed by atoms with Crippen LogP contribution in [0.15, 0.2) is 53.6 Å². The highest BCUT2D eigenvalue weighted by Crippen LogP contribution is 2.13. The van der Waals surface area contributed by atoms with E-state index in [0.29, 0.717) is 20.9 Å². The molecule has 1 heterocycles. The molecule has 0 amide bonds. The summed E-state index contributed by atoms with van der Waals surface area (Å²) in [6.07, 6.45) is 1.27. The molecule has 10 heteroatoms. The first-order valence-corrected chi connectivity index (χ1v) is 9.22. The Balaban J connectivity index is 1.93. The molecule has 3 rings (SSSR count). The first-order valence-electron chi connectivity index (χ1n) is 8.85. The smallest absolute Gasteiger partial charge is 0.383 e. The van der Waals surface area contributed by atoms with Gasteiger partial charge in [0.1, 0.15) is 11.0 Å². The zero-order valence-corrected chi connectivity index (χ0v) is 16.5. The number of hydrogen-bond donors (Lipinski definition) is 0. The van der Waals surface area contributed by atoms with Gasteiger partial charge >= 0.3 is 5.97 Å². The van der Waals surface area contributed by atoms with Crippen LogP contribution in [0.25, 0.3) is 0 Å². The number of carbonyl (C=O) groups is 2. The monoisotopic (exact) mass is 430 g/mol. The number of esters is 1. The summed E-state index contributed by atoms with van der Waals surface area (Å²) < 4.78 is 18.9. The minimum absolute atomic E-state index is 0.0352. The lowest BCUT2D eigenvalue weighted by Crippen LogP contribution is -2.45. The summed E-state index contributed by atoms with van der Waals surface area (Å²) >= 11 is 5.82. The van der Waals surface area contributed by atoms with Crippen LogP contribution in [0.1, 0.15) is 33.3 Å². The van der Waals surface area contributed by atoms with Crippen molar-refractivity contribution in [3.8, 4) is 5.88 Å². The van der Waals surface area contributed by atoms with Gasteiger partial charge < -0.3 is 9.84 Å². The molecule has 0 saturated heterocycles. The van der Waals surface area contributed by atoms with Crippen molar-refractivity contribution in [3.63, 3.8) is 0 Å². The molecule has 0 saturated carbocycles. The molecule has 0 atom stereocenters. The Kier molecular flexibility index (Phi) is 6.53. The van der Waals surface area contributed by atoms with E-state index in [1.165, 1.54) is 42.6 Å². The van der Waals surface area contributed by atoms with Crippen LogP contribution in [0, 0.1) is 5.82 Å². The van der Waals surface area contributed by atoms with Crippen molar-refractivity contribution in [3.05, 3.63) is 76.2 Å².